The smallest absolute Gasteiger partial charge is 0.410 e. The quantitative estimate of drug-likeness (QED) is 0.792. The van der Waals surface area contributed by atoms with Crippen molar-refractivity contribution in [2.24, 2.45) is 0 Å². The molecule has 2 aliphatic heterocycles. The lowest BCUT2D eigenvalue weighted by Crippen LogP contribution is -2.49. The average Bonchev–Trinajstić information content (AvgIpc) is 2.92. The second-order valence-electron chi connectivity index (χ2n) is 7.37. The third kappa shape index (κ3) is 3.05. The van der Waals surface area contributed by atoms with Crippen LogP contribution in [0.25, 0.3) is 11.0 Å². The summed E-state index contributed by atoms with van der Waals surface area (Å²) in [6.07, 6.45) is 0.916. The molecule has 4 rings (SSSR count). The van der Waals surface area contributed by atoms with Gasteiger partial charge in [0.05, 0.1) is 17.6 Å². The van der Waals surface area contributed by atoms with Gasteiger partial charge in [-0.1, -0.05) is 12.1 Å². The van der Waals surface area contributed by atoms with E-state index in [2.05, 4.69) is 4.98 Å². The van der Waals surface area contributed by atoms with Gasteiger partial charge in [-0.3, -0.25) is 14.2 Å². The molecule has 0 unspecified atom stereocenters. The molecule has 0 saturated carbocycles. The van der Waals surface area contributed by atoms with Crippen LogP contribution in [0, 0.1) is 6.92 Å². The summed E-state index contributed by atoms with van der Waals surface area (Å²) < 4.78 is 7.02. The van der Waals surface area contributed by atoms with E-state index in [-0.39, 0.29) is 24.1 Å². The number of carbonyl (C=O) groups excluding carboxylic acids is 2. The van der Waals surface area contributed by atoms with Crippen molar-refractivity contribution in [3.8, 4) is 0 Å². The van der Waals surface area contributed by atoms with E-state index in [9.17, 15) is 14.4 Å². The minimum Gasteiger partial charge on any atom is -0.441 e. The lowest BCUT2D eigenvalue weighted by Gasteiger charge is -2.37. The summed E-state index contributed by atoms with van der Waals surface area (Å²) >= 11 is 0. The lowest BCUT2D eigenvalue weighted by molar-refractivity contribution is -0.135. The van der Waals surface area contributed by atoms with E-state index in [1.165, 1.54) is 4.57 Å². The summed E-state index contributed by atoms with van der Waals surface area (Å²) in [5.74, 6) is -0.111. The number of likely N-dealkylation sites (N-methyl/N-ethyl adjacent to an activating group) is 1. The van der Waals surface area contributed by atoms with Crippen LogP contribution in [0.15, 0.2) is 29.1 Å². The van der Waals surface area contributed by atoms with Crippen LogP contribution in [0.3, 0.4) is 0 Å². The van der Waals surface area contributed by atoms with Gasteiger partial charge in [0.25, 0.3) is 5.56 Å². The number of fused-ring (bicyclic) bond motifs is 1. The molecule has 0 atom stereocenters. The summed E-state index contributed by atoms with van der Waals surface area (Å²) in [6, 6.07) is 7.32. The predicted molar refractivity (Wildman–Crippen MR) is 98.4 cm³/mol. The van der Waals surface area contributed by atoms with Crippen LogP contribution in [0.5, 0.6) is 0 Å². The molecule has 2 amide bonds. The Labute approximate surface area is 156 Å². The molecule has 8 nitrogen and oxygen atoms in total. The number of amides is 2. The number of likely N-dealkylation sites (tertiary alicyclic amines) is 1. The van der Waals surface area contributed by atoms with Gasteiger partial charge in [-0.25, -0.2) is 9.78 Å². The number of rotatable bonds is 2. The molecule has 0 radical (unpaired) electrons. The molecule has 2 fully saturated rings. The van der Waals surface area contributed by atoms with Crippen molar-refractivity contribution in [2.45, 2.75) is 31.9 Å². The monoisotopic (exact) mass is 370 g/mol. The summed E-state index contributed by atoms with van der Waals surface area (Å²) in [7, 11) is 1.72. The Balaban J connectivity index is 1.51. The van der Waals surface area contributed by atoms with Crippen molar-refractivity contribution in [2.75, 3.05) is 26.7 Å². The van der Waals surface area contributed by atoms with Crippen LogP contribution in [0.1, 0.15) is 18.5 Å². The predicted octanol–water partition coefficient (Wildman–Crippen LogP) is 1.15. The molecule has 1 aromatic carbocycles. The largest absolute Gasteiger partial charge is 0.441 e. The van der Waals surface area contributed by atoms with Gasteiger partial charge in [-0.05, 0) is 19.1 Å². The molecule has 1 aromatic heterocycles. The van der Waals surface area contributed by atoms with Crippen molar-refractivity contribution < 1.29 is 14.3 Å². The molecule has 3 heterocycles. The second kappa shape index (κ2) is 6.37. The molecule has 0 N–H and O–H groups in total. The van der Waals surface area contributed by atoms with Crippen molar-refractivity contribution in [1.82, 2.24) is 19.4 Å². The van der Waals surface area contributed by atoms with Gasteiger partial charge in [-0.15, -0.1) is 0 Å². The standard InChI is InChI=1S/C19H22N4O4/c1-13-17(25)23(15-6-4-3-5-14(15)20-13)11-16(24)22-9-7-19(8-10-22)12-21(2)18(26)27-19/h3-6H,7-12H2,1-2H3. The molecular weight excluding hydrogens is 348 g/mol. The molecule has 8 heteroatoms. The number of aryl methyl sites for hydroxylation is 1. The maximum absolute atomic E-state index is 12.8. The first-order chi connectivity index (χ1) is 12.9. The van der Waals surface area contributed by atoms with Gasteiger partial charge in [0.2, 0.25) is 5.91 Å². The van der Waals surface area contributed by atoms with Crippen LogP contribution in [0.2, 0.25) is 0 Å². The van der Waals surface area contributed by atoms with Gasteiger partial charge in [0, 0.05) is 33.0 Å². The highest BCUT2D eigenvalue weighted by molar-refractivity contribution is 5.80. The Morgan fingerprint density at radius 3 is 2.59 bits per heavy atom. The number of benzene rings is 1. The van der Waals surface area contributed by atoms with Crippen molar-refractivity contribution in [3.63, 3.8) is 0 Å². The number of carbonyl (C=O) groups is 2. The highest BCUT2D eigenvalue weighted by Crippen LogP contribution is 2.32. The van der Waals surface area contributed by atoms with E-state index in [0.717, 1.165) is 0 Å². The number of ether oxygens (including phenoxy) is 1. The summed E-state index contributed by atoms with van der Waals surface area (Å²) in [5.41, 5.74) is 0.989. The summed E-state index contributed by atoms with van der Waals surface area (Å²) in [6.45, 7) is 3.22. The summed E-state index contributed by atoms with van der Waals surface area (Å²) in [5, 5.41) is 0. The first kappa shape index (κ1) is 17.5. The lowest BCUT2D eigenvalue weighted by atomic mass is 9.91. The Kier molecular flexibility index (Phi) is 4.13. The number of hydrogen-bond acceptors (Lipinski definition) is 5. The van der Waals surface area contributed by atoms with Gasteiger partial charge < -0.3 is 14.5 Å². The van der Waals surface area contributed by atoms with E-state index < -0.39 is 5.60 Å². The van der Waals surface area contributed by atoms with Gasteiger partial charge in [0.15, 0.2) is 0 Å². The molecular formula is C19H22N4O4. The second-order valence-corrected chi connectivity index (χ2v) is 7.37. The van der Waals surface area contributed by atoms with Gasteiger partial charge >= 0.3 is 6.09 Å². The third-order valence-electron chi connectivity index (χ3n) is 5.48. The molecule has 27 heavy (non-hydrogen) atoms. The van der Waals surface area contributed by atoms with Crippen molar-refractivity contribution >= 4 is 23.0 Å². The Morgan fingerprint density at radius 2 is 1.93 bits per heavy atom. The summed E-state index contributed by atoms with van der Waals surface area (Å²) in [4.78, 5) is 44.7. The highest BCUT2D eigenvalue weighted by Gasteiger charge is 2.46. The molecule has 2 aliphatic rings. The Morgan fingerprint density at radius 1 is 1.22 bits per heavy atom. The number of para-hydroxylation sites is 2. The normalized spacial score (nSPS) is 19.0. The molecule has 2 saturated heterocycles. The zero-order valence-electron chi connectivity index (χ0n) is 15.5. The van der Waals surface area contributed by atoms with Crippen LogP contribution in [-0.2, 0) is 16.1 Å². The Hall–Kier alpha value is -2.90. The van der Waals surface area contributed by atoms with Crippen LogP contribution >= 0.6 is 0 Å². The maximum atomic E-state index is 12.8. The van der Waals surface area contributed by atoms with E-state index in [1.54, 1.807) is 29.8 Å². The minimum absolute atomic E-state index is 0.0185. The van der Waals surface area contributed by atoms with Gasteiger partial charge in [-0.2, -0.15) is 0 Å². The van der Waals surface area contributed by atoms with Gasteiger partial charge in [0.1, 0.15) is 17.8 Å². The Bertz CT molecular complexity index is 975. The number of nitrogens with zero attached hydrogens (tertiary/aromatic N) is 4. The fourth-order valence-electron chi connectivity index (χ4n) is 3.93. The number of aromatic nitrogens is 2. The van der Waals surface area contributed by atoms with Crippen LogP contribution < -0.4 is 5.56 Å². The van der Waals surface area contributed by atoms with E-state index in [0.29, 0.717) is 49.2 Å². The van der Waals surface area contributed by atoms with E-state index in [1.807, 2.05) is 18.2 Å². The minimum atomic E-state index is -0.487. The molecule has 1 spiro atoms. The average molecular weight is 370 g/mol. The maximum Gasteiger partial charge on any atom is 0.410 e. The van der Waals surface area contributed by atoms with Crippen LogP contribution in [-0.4, -0.2) is 63.6 Å². The topological polar surface area (TPSA) is 84.7 Å². The first-order valence-electron chi connectivity index (χ1n) is 9.07. The first-order valence-corrected chi connectivity index (χ1v) is 9.07. The highest BCUT2D eigenvalue weighted by atomic mass is 16.6. The van der Waals surface area contributed by atoms with Crippen LogP contribution in [0.4, 0.5) is 4.79 Å². The van der Waals surface area contributed by atoms with Crippen molar-refractivity contribution in [3.05, 3.63) is 40.3 Å². The molecule has 2 aromatic rings. The molecule has 0 bridgehead atoms. The number of piperidine rings is 1. The SMILES string of the molecule is Cc1nc2ccccc2n(CC(=O)N2CCC3(CC2)CN(C)C(=O)O3)c1=O. The fourth-order valence-corrected chi connectivity index (χ4v) is 3.93. The van der Waals surface area contributed by atoms with E-state index >= 15 is 0 Å². The molecule has 0 aliphatic carbocycles. The van der Waals surface area contributed by atoms with E-state index in [4.69, 9.17) is 4.74 Å². The molecule has 142 valence electrons. The zero-order valence-corrected chi connectivity index (χ0v) is 15.5. The van der Waals surface area contributed by atoms with Crippen molar-refractivity contribution in [1.29, 1.82) is 0 Å². The number of hydrogen-bond donors (Lipinski definition) is 0. The fraction of sp³-hybridized carbons (Fsp3) is 0.474. The third-order valence-corrected chi connectivity index (χ3v) is 5.48. The zero-order chi connectivity index (χ0) is 19.2.